The van der Waals surface area contributed by atoms with E-state index in [2.05, 4.69) is 30.6 Å². The number of carbonyl (C=O) groups is 1. The number of nitrogens with zero attached hydrogens (tertiary/aromatic N) is 8. The summed E-state index contributed by atoms with van der Waals surface area (Å²) < 4.78 is 47.2. The second kappa shape index (κ2) is 11.0. The first-order valence-corrected chi connectivity index (χ1v) is 12.2. The number of aromatic nitrogens is 8. The molecule has 17 heteroatoms. The zero-order valence-corrected chi connectivity index (χ0v) is 21.7. The molecule has 4 aromatic heterocycles. The van der Waals surface area contributed by atoms with Gasteiger partial charge in [-0.25, -0.2) is 24.1 Å². The van der Waals surface area contributed by atoms with Gasteiger partial charge in [-0.2, -0.15) is 13.2 Å². The molecule has 1 aromatic carbocycles. The van der Waals surface area contributed by atoms with Gasteiger partial charge >= 0.3 is 11.9 Å². The number of anilines is 1. The van der Waals surface area contributed by atoms with Crippen molar-refractivity contribution in [3.63, 3.8) is 0 Å². The van der Waals surface area contributed by atoms with Crippen LogP contribution in [-0.2, 0) is 13.1 Å². The van der Waals surface area contributed by atoms with E-state index in [0.29, 0.717) is 22.0 Å². The molecule has 0 bridgehead atoms. The van der Waals surface area contributed by atoms with Gasteiger partial charge in [-0.15, -0.1) is 10.2 Å². The number of rotatable bonds is 8. The Kier molecular flexibility index (Phi) is 7.42. The molecule has 212 valence electrons. The van der Waals surface area contributed by atoms with Crippen LogP contribution < -0.4 is 11.0 Å². The SMILES string of the molecule is Cc1cc(C(=O)Nc2ncccc2-n2cnc(Cn3nc(-c4ccc(Cl)cc4)n(C[C@H](O)C(F)(F)F)c3=O)n2)on1. The van der Waals surface area contributed by atoms with Crippen LogP contribution in [0.4, 0.5) is 19.0 Å². The number of aliphatic hydroxyl groups excluding tert-OH is 1. The van der Waals surface area contributed by atoms with Crippen molar-refractivity contribution < 1.29 is 27.6 Å². The van der Waals surface area contributed by atoms with Crippen LogP contribution in [0.3, 0.4) is 0 Å². The number of aliphatic hydroxyl groups is 1. The molecule has 2 N–H and O–H groups in total. The lowest BCUT2D eigenvalue weighted by Gasteiger charge is -2.15. The summed E-state index contributed by atoms with van der Waals surface area (Å²) in [6, 6.07) is 10.6. The Morgan fingerprint density at radius 3 is 2.61 bits per heavy atom. The van der Waals surface area contributed by atoms with E-state index in [1.807, 2.05) is 0 Å². The number of hydrogen-bond acceptors (Lipinski definition) is 9. The van der Waals surface area contributed by atoms with Crippen LogP contribution >= 0.6 is 11.6 Å². The van der Waals surface area contributed by atoms with Crippen LogP contribution in [0.15, 0.2) is 64.3 Å². The quantitative estimate of drug-likeness (QED) is 0.277. The van der Waals surface area contributed by atoms with E-state index in [1.165, 1.54) is 47.5 Å². The van der Waals surface area contributed by atoms with Crippen molar-refractivity contribution in [1.29, 1.82) is 0 Å². The average Bonchev–Trinajstić information content (AvgIpc) is 3.65. The maximum atomic E-state index is 13.1. The van der Waals surface area contributed by atoms with Crippen molar-refractivity contribution in [2.45, 2.75) is 32.3 Å². The Balaban J connectivity index is 1.44. The molecule has 0 saturated heterocycles. The van der Waals surface area contributed by atoms with E-state index >= 15 is 0 Å². The van der Waals surface area contributed by atoms with Gasteiger partial charge in [0.1, 0.15) is 18.6 Å². The largest absolute Gasteiger partial charge is 0.416 e. The Morgan fingerprint density at radius 1 is 1.17 bits per heavy atom. The van der Waals surface area contributed by atoms with Gasteiger partial charge in [-0.05, 0) is 43.3 Å². The molecule has 13 nitrogen and oxygen atoms in total. The molecule has 1 amide bonds. The molecule has 0 saturated carbocycles. The number of nitrogens with one attached hydrogen (secondary N) is 1. The summed E-state index contributed by atoms with van der Waals surface area (Å²) in [5, 5.41) is 24.8. The second-order valence-electron chi connectivity index (χ2n) is 8.70. The van der Waals surface area contributed by atoms with E-state index < -0.39 is 30.4 Å². The van der Waals surface area contributed by atoms with Crippen LogP contribution in [0.1, 0.15) is 22.1 Å². The molecule has 0 unspecified atom stereocenters. The smallest absolute Gasteiger partial charge is 0.382 e. The number of halogens is 4. The fourth-order valence-electron chi connectivity index (χ4n) is 3.74. The lowest BCUT2D eigenvalue weighted by atomic mass is 10.2. The Labute approximate surface area is 232 Å². The zero-order chi connectivity index (χ0) is 29.3. The highest BCUT2D eigenvalue weighted by Crippen LogP contribution is 2.24. The first kappa shape index (κ1) is 27.7. The fraction of sp³-hybridized carbons (Fsp3) is 0.208. The van der Waals surface area contributed by atoms with Gasteiger partial charge < -0.3 is 14.9 Å². The molecule has 0 spiro atoms. The van der Waals surface area contributed by atoms with E-state index in [0.717, 1.165) is 9.25 Å². The summed E-state index contributed by atoms with van der Waals surface area (Å²) in [6.45, 7) is 0.265. The van der Waals surface area contributed by atoms with E-state index in [1.54, 1.807) is 19.1 Å². The van der Waals surface area contributed by atoms with Crippen molar-refractivity contribution in [1.82, 2.24) is 39.3 Å². The maximum Gasteiger partial charge on any atom is 0.416 e. The van der Waals surface area contributed by atoms with Crippen molar-refractivity contribution >= 4 is 23.3 Å². The Bertz CT molecular complexity index is 1760. The van der Waals surface area contributed by atoms with E-state index in [-0.39, 0.29) is 29.8 Å². The van der Waals surface area contributed by atoms with Gasteiger partial charge in [0.05, 0.1) is 12.2 Å². The molecular formula is C24H19ClF3N9O4. The number of amides is 1. The summed E-state index contributed by atoms with van der Waals surface area (Å²) in [7, 11) is 0. The molecule has 0 aliphatic carbocycles. The maximum absolute atomic E-state index is 13.1. The number of alkyl halides is 3. The van der Waals surface area contributed by atoms with Crippen LogP contribution in [-0.4, -0.2) is 62.5 Å². The van der Waals surface area contributed by atoms with Gasteiger partial charge in [-0.3, -0.25) is 9.36 Å². The molecule has 0 fully saturated rings. The summed E-state index contributed by atoms with van der Waals surface area (Å²) in [5.41, 5.74) is 0.216. The molecular weight excluding hydrogens is 571 g/mol. The van der Waals surface area contributed by atoms with Crippen LogP contribution in [0.25, 0.3) is 17.1 Å². The monoisotopic (exact) mass is 589 g/mol. The zero-order valence-electron chi connectivity index (χ0n) is 20.9. The third kappa shape index (κ3) is 6.02. The van der Waals surface area contributed by atoms with Gasteiger partial charge in [0.25, 0.3) is 5.91 Å². The highest BCUT2D eigenvalue weighted by molar-refractivity contribution is 6.30. The predicted molar refractivity (Wildman–Crippen MR) is 136 cm³/mol. The fourth-order valence-corrected chi connectivity index (χ4v) is 3.86. The Hall–Kier alpha value is -4.83. The van der Waals surface area contributed by atoms with Crippen LogP contribution in [0.5, 0.6) is 0 Å². The topological polar surface area (TPSA) is 159 Å². The summed E-state index contributed by atoms with van der Waals surface area (Å²) >= 11 is 5.91. The van der Waals surface area contributed by atoms with E-state index in [9.17, 15) is 27.9 Å². The van der Waals surface area contributed by atoms with Crippen molar-refractivity contribution in [2.75, 3.05) is 5.32 Å². The number of pyridine rings is 1. The first-order valence-electron chi connectivity index (χ1n) is 11.8. The molecule has 0 radical (unpaired) electrons. The highest BCUT2D eigenvalue weighted by atomic mass is 35.5. The normalized spacial score (nSPS) is 12.4. The van der Waals surface area contributed by atoms with Crippen LogP contribution in [0.2, 0.25) is 5.02 Å². The van der Waals surface area contributed by atoms with Crippen LogP contribution in [0, 0.1) is 6.92 Å². The van der Waals surface area contributed by atoms with Gasteiger partial charge in [-0.1, -0.05) is 16.8 Å². The van der Waals surface area contributed by atoms with Crippen molar-refractivity contribution in [3.05, 3.63) is 87.8 Å². The van der Waals surface area contributed by atoms with Gasteiger partial charge in [0.2, 0.25) is 5.76 Å². The molecule has 41 heavy (non-hydrogen) atoms. The molecule has 0 aliphatic heterocycles. The third-order valence-corrected chi connectivity index (χ3v) is 5.96. The minimum absolute atomic E-state index is 0.0273. The Morgan fingerprint density at radius 2 is 1.93 bits per heavy atom. The first-order chi connectivity index (χ1) is 19.5. The van der Waals surface area contributed by atoms with Gasteiger partial charge in [0.15, 0.2) is 23.6 Å². The molecule has 5 aromatic rings. The second-order valence-corrected chi connectivity index (χ2v) is 9.14. The lowest BCUT2D eigenvalue weighted by molar-refractivity contribution is -0.207. The van der Waals surface area contributed by atoms with E-state index in [4.69, 9.17) is 16.1 Å². The van der Waals surface area contributed by atoms with Crippen molar-refractivity contribution in [3.8, 4) is 17.1 Å². The third-order valence-electron chi connectivity index (χ3n) is 5.71. The number of carbonyl (C=O) groups excluding carboxylic acids is 1. The highest BCUT2D eigenvalue weighted by Gasteiger charge is 2.39. The number of aryl methyl sites for hydroxylation is 1. The summed E-state index contributed by atoms with van der Waals surface area (Å²) in [5.74, 6) is -0.549. The van der Waals surface area contributed by atoms with Gasteiger partial charge in [0, 0.05) is 22.8 Å². The molecule has 5 rings (SSSR count). The lowest BCUT2D eigenvalue weighted by Crippen LogP contribution is -2.37. The number of benzene rings is 1. The van der Waals surface area contributed by atoms with Crippen molar-refractivity contribution in [2.24, 2.45) is 0 Å². The summed E-state index contributed by atoms with van der Waals surface area (Å²) in [4.78, 5) is 34.0. The minimum atomic E-state index is -4.96. The number of hydrogen-bond donors (Lipinski definition) is 2. The predicted octanol–water partition coefficient (Wildman–Crippen LogP) is 2.86. The molecule has 1 atom stereocenters. The standard InChI is InChI=1S/C24H19ClF3N9O4/c1-13-9-17(41-34-13)22(39)31-20-16(3-2-8-29-20)37-12-30-19(32-37)11-36-23(40)35(10-18(38)24(26,27)28)21(33-36)14-4-6-15(25)7-5-14/h2-9,12,18,38H,10-11H2,1H3,(H,29,31,39)/t18-/m0/s1. The average molecular weight is 590 g/mol. The molecule has 4 heterocycles. The molecule has 0 aliphatic rings. The minimum Gasteiger partial charge on any atom is -0.382 e. The summed E-state index contributed by atoms with van der Waals surface area (Å²) in [6.07, 6.45) is -5.01.